The second-order valence-electron chi connectivity index (χ2n) is 12.7. The second-order valence-corrected chi connectivity index (χ2v) is 12.7. The minimum absolute atomic E-state index is 0.954. The summed E-state index contributed by atoms with van der Waals surface area (Å²) in [6.07, 6.45) is 0. The van der Waals surface area contributed by atoms with Crippen LogP contribution in [-0.2, 0) is 0 Å². The van der Waals surface area contributed by atoms with E-state index in [0.29, 0.717) is 0 Å². The molecule has 0 bridgehead atoms. The number of benzene rings is 8. The normalized spacial score (nSPS) is 11.7. The summed E-state index contributed by atoms with van der Waals surface area (Å²) < 4.78 is 2.39. The van der Waals surface area contributed by atoms with Crippen molar-refractivity contribution in [3.63, 3.8) is 0 Å². The zero-order valence-corrected chi connectivity index (χ0v) is 26.7. The van der Waals surface area contributed by atoms with Crippen molar-refractivity contribution in [2.45, 2.75) is 0 Å². The van der Waals surface area contributed by atoms with Gasteiger partial charge in [0.15, 0.2) is 0 Å². The quantitative estimate of drug-likeness (QED) is 0.179. The maximum atomic E-state index is 5.58. The molecule has 2 heteroatoms. The Hall–Kier alpha value is -6.51. The van der Waals surface area contributed by atoms with Gasteiger partial charge in [0.05, 0.1) is 27.9 Å². The third-order valence-corrected chi connectivity index (χ3v) is 9.99. The fourth-order valence-electron chi connectivity index (χ4n) is 7.70. The topological polar surface area (TPSA) is 17.8 Å². The number of nitrogens with zero attached hydrogens (tertiary/aromatic N) is 2. The highest BCUT2D eigenvalue weighted by Gasteiger charge is 2.18. The van der Waals surface area contributed by atoms with Crippen molar-refractivity contribution in [3.05, 3.63) is 182 Å². The lowest BCUT2D eigenvalue weighted by Crippen LogP contribution is -1.98. The number of aromatic nitrogens is 2. The van der Waals surface area contributed by atoms with Gasteiger partial charge in [0.25, 0.3) is 0 Å². The third-order valence-electron chi connectivity index (χ3n) is 9.99. The van der Waals surface area contributed by atoms with Gasteiger partial charge >= 0.3 is 0 Å². The van der Waals surface area contributed by atoms with Crippen molar-refractivity contribution in [2.75, 3.05) is 0 Å². The minimum Gasteiger partial charge on any atom is -0.309 e. The highest BCUT2D eigenvalue weighted by atomic mass is 15.0. The molecule has 2 aromatic heterocycles. The number of pyridine rings is 1. The van der Waals surface area contributed by atoms with Crippen LogP contribution in [0, 0.1) is 0 Å². The lowest BCUT2D eigenvalue weighted by atomic mass is 9.92. The van der Waals surface area contributed by atoms with E-state index in [0.717, 1.165) is 33.2 Å². The van der Waals surface area contributed by atoms with Gasteiger partial charge in [-0.05, 0) is 80.9 Å². The number of hydrogen-bond acceptors (Lipinski definition) is 1. The molecule has 0 unspecified atom stereocenters. The van der Waals surface area contributed by atoms with Crippen LogP contribution in [0.5, 0.6) is 0 Å². The first kappa shape index (κ1) is 27.6. The molecule has 0 aliphatic heterocycles. The first-order valence-electron chi connectivity index (χ1n) is 16.8. The average molecular weight is 623 g/mol. The van der Waals surface area contributed by atoms with Gasteiger partial charge in [-0.2, -0.15) is 0 Å². The lowest BCUT2D eigenvalue weighted by molar-refractivity contribution is 1.18. The SMILES string of the molecule is c1ccc(-c2ccc3c(c2)c2ccc(-c4ccccc4-n4c5ccccc5c5ccccc54)nc2c2cc(-c4ccccc4)ccc32)cc1. The maximum absolute atomic E-state index is 5.58. The van der Waals surface area contributed by atoms with E-state index in [1.54, 1.807) is 0 Å². The Morgan fingerprint density at radius 3 is 1.49 bits per heavy atom. The molecule has 0 fully saturated rings. The van der Waals surface area contributed by atoms with E-state index in [-0.39, 0.29) is 0 Å². The number of hydrogen-bond donors (Lipinski definition) is 0. The molecule has 0 saturated carbocycles. The Kier molecular flexibility index (Phi) is 6.22. The highest BCUT2D eigenvalue weighted by Crippen LogP contribution is 2.41. The summed E-state index contributed by atoms with van der Waals surface area (Å²) in [5.74, 6) is 0. The first-order valence-corrected chi connectivity index (χ1v) is 16.8. The number of para-hydroxylation sites is 3. The van der Waals surface area contributed by atoms with E-state index in [1.165, 1.54) is 60.2 Å². The summed E-state index contributed by atoms with van der Waals surface area (Å²) in [6.45, 7) is 0. The van der Waals surface area contributed by atoms with Crippen LogP contribution in [0.1, 0.15) is 0 Å². The van der Waals surface area contributed by atoms with E-state index in [4.69, 9.17) is 4.98 Å². The summed E-state index contributed by atoms with van der Waals surface area (Å²) in [5, 5.41) is 8.48. The van der Waals surface area contributed by atoms with E-state index in [9.17, 15) is 0 Å². The smallest absolute Gasteiger partial charge is 0.0794 e. The zero-order valence-electron chi connectivity index (χ0n) is 26.7. The predicted octanol–water partition coefficient (Wildman–Crippen LogP) is 12.6. The van der Waals surface area contributed by atoms with E-state index >= 15 is 0 Å². The Balaban J connectivity index is 1.27. The van der Waals surface area contributed by atoms with Crippen LogP contribution in [0.2, 0.25) is 0 Å². The number of rotatable bonds is 4. The summed E-state index contributed by atoms with van der Waals surface area (Å²) in [7, 11) is 0. The van der Waals surface area contributed by atoms with Gasteiger partial charge in [0, 0.05) is 27.1 Å². The summed E-state index contributed by atoms with van der Waals surface area (Å²) >= 11 is 0. The monoisotopic (exact) mass is 622 g/mol. The molecule has 0 radical (unpaired) electrons. The van der Waals surface area contributed by atoms with Crippen LogP contribution in [0.25, 0.3) is 93.5 Å². The molecule has 0 N–H and O–H groups in total. The van der Waals surface area contributed by atoms with Crippen molar-refractivity contribution in [1.29, 1.82) is 0 Å². The summed E-state index contributed by atoms with van der Waals surface area (Å²) in [6, 6.07) is 65.5. The fraction of sp³-hybridized carbons (Fsp3) is 0. The third kappa shape index (κ3) is 4.38. The Labute approximate surface area is 284 Å². The molecule has 0 atom stereocenters. The molecule has 0 aliphatic rings. The van der Waals surface area contributed by atoms with Gasteiger partial charge in [0.2, 0.25) is 0 Å². The molecule has 10 rings (SSSR count). The molecule has 0 amide bonds. The van der Waals surface area contributed by atoms with Crippen LogP contribution in [-0.4, -0.2) is 9.55 Å². The van der Waals surface area contributed by atoms with Crippen LogP contribution < -0.4 is 0 Å². The van der Waals surface area contributed by atoms with Crippen LogP contribution in [0.4, 0.5) is 0 Å². The predicted molar refractivity (Wildman–Crippen MR) is 207 cm³/mol. The van der Waals surface area contributed by atoms with Crippen molar-refractivity contribution in [2.24, 2.45) is 0 Å². The highest BCUT2D eigenvalue weighted by molar-refractivity contribution is 6.25. The van der Waals surface area contributed by atoms with E-state index in [1.807, 2.05) is 0 Å². The van der Waals surface area contributed by atoms with Gasteiger partial charge in [-0.15, -0.1) is 0 Å². The largest absolute Gasteiger partial charge is 0.309 e. The van der Waals surface area contributed by atoms with Crippen LogP contribution >= 0.6 is 0 Å². The van der Waals surface area contributed by atoms with E-state index in [2.05, 4.69) is 187 Å². The molecule has 0 saturated heterocycles. The Morgan fingerprint density at radius 2 is 0.837 bits per heavy atom. The van der Waals surface area contributed by atoms with Crippen molar-refractivity contribution in [1.82, 2.24) is 9.55 Å². The lowest BCUT2D eigenvalue weighted by Gasteiger charge is -2.16. The molecule has 8 aromatic carbocycles. The minimum atomic E-state index is 0.954. The standard InChI is InChI=1S/C47H30N2/c1-3-13-31(14-4-1)33-23-25-35-36-26-24-34(32-15-5-2-6-16-32)30-42(36)47-39(41(35)29-33)27-28-43(48-47)40-19-9-12-22-46(40)49-44-20-10-7-17-37(44)38-18-8-11-21-45(38)49/h1-30H. The molecular formula is C47H30N2. The molecule has 0 aliphatic carbocycles. The summed E-state index contributed by atoms with van der Waals surface area (Å²) in [5.41, 5.74) is 11.4. The van der Waals surface area contributed by atoms with Crippen LogP contribution in [0.15, 0.2) is 182 Å². The number of fused-ring (bicyclic) bond motifs is 9. The molecule has 0 spiro atoms. The second kappa shape index (κ2) is 11.0. The molecule has 2 nitrogen and oxygen atoms in total. The Morgan fingerprint density at radius 1 is 0.327 bits per heavy atom. The van der Waals surface area contributed by atoms with Gasteiger partial charge < -0.3 is 4.57 Å². The van der Waals surface area contributed by atoms with E-state index < -0.39 is 0 Å². The van der Waals surface area contributed by atoms with Gasteiger partial charge in [-0.25, -0.2) is 4.98 Å². The van der Waals surface area contributed by atoms with Crippen LogP contribution in [0.3, 0.4) is 0 Å². The molecule has 49 heavy (non-hydrogen) atoms. The van der Waals surface area contributed by atoms with Crippen molar-refractivity contribution < 1.29 is 0 Å². The van der Waals surface area contributed by atoms with Gasteiger partial charge in [-0.1, -0.05) is 140 Å². The molecular weight excluding hydrogens is 593 g/mol. The summed E-state index contributed by atoms with van der Waals surface area (Å²) in [4.78, 5) is 5.58. The first-order chi connectivity index (χ1) is 24.3. The van der Waals surface area contributed by atoms with Crippen molar-refractivity contribution >= 4 is 54.3 Å². The average Bonchev–Trinajstić information content (AvgIpc) is 3.52. The molecule has 10 aromatic rings. The maximum Gasteiger partial charge on any atom is 0.0794 e. The molecule has 228 valence electrons. The Bertz CT molecular complexity index is 2810. The molecule has 2 heterocycles. The zero-order chi connectivity index (χ0) is 32.3. The fourth-order valence-corrected chi connectivity index (χ4v) is 7.70. The van der Waals surface area contributed by atoms with Crippen molar-refractivity contribution in [3.8, 4) is 39.2 Å². The van der Waals surface area contributed by atoms with Gasteiger partial charge in [-0.3, -0.25) is 0 Å². The van der Waals surface area contributed by atoms with Gasteiger partial charge in [0.1, 0.15) is 0 Å².